The first-order valence-corrected chi connectivity index (χ1v) is 7.10. The van der Waals surface area contributed by atoms with Crippen molar-refractivity contribution < 1.29 is 4.79 Å². The number of rotatable bonds is 2. The van der Waals surface area contributed by atoms with Crippen LogP contribution >= 0.6 is 15.9 Å². The van der Waals surface area contributed by atoms with E-state index in [1.54, 1.807) is 11.9 Å². The molecular formula is C15H14BrN3O. The van der Waals surface area contributed by atoms with Crippen molar-refractivity contribution in [2.45, 2.75) is 6.17 Å². The normalized spacial score (nSPS) is 18.3. The molecule has 0 aromatic heterocycles. The summed E-state index contributed by atoms with van der Waals surface area (Å²) in [5.74, 6) is 0. The van der Waals surface area contributed by atoms with Crippen LogP contribution in [0.3, 0.4) is 0 Å². The van der Waals surface area contributed by atoms with Crippen molar-refractivity contribution in [1.29, 1.82) is 0 Å². The average Bonchev–Trinajstić information content (AvgIpc) is 2.76. The van der Waals surface area contributed by atoms with Gasteiger partial charge in [0.25, 0.3) is 0 Å². The number of halogens is 1. The van der Waals surface area contributed by atoms with Crippen LogP contribution in [0, 0.1) is 0 Å². The molecule has 0 aliphatic carbocycles. The molecule has 4 nitrogen and oxygen atoms in total. The van der Waals surface area contributed by atoms with Crippen molar-refractivity contribution in [1.82, 2.24) is 10.3 Å². The molecule has 20 heavy (non-hydrogen) atoms. The summed E-state index contributed by atoms with van der Waals surface area (Å²) < 4.78 is 0.941. The van der Waals surface area contributed by atoms with E-state index >= 15 is 0 Å². The first-order chi connectivity index (χ1) is 9.68. The monoisotopic (exact) mass is 331 g/mol. The molecule has 1 heterocycles. The molecule has 1 aliphatic heterocycles. The van der Waals surface area contributed by atoms with Crippen molar-refractivity contribution >= 4 is 27.6 Å². The number of hydrogen-bond donors (Lipinski definition) is 1. The molecule has 2 amide bonds. The van der Waals surface area contributed by atoms with Gasteiger partial charge in [0.2, 0.25) is 0 Å². The molecule has 1 aliphatic rings. The molecule has 5 heteroatoms. The first kappa shape index (κ1) is 13.0. The molecule has 1 unspecified atom stereocenters. The molecular weight excluding hydrogens is 318 g/mol. The zero-order valence-corrected chi connectivity index (χ0v) is 12.5. The van der Waals surface area contributed by atoms with Crippen molar-refractivity contribution in [2.24, 2.45) is 0 Å². The number of benzene rings is 2. The zero-order valence-electron chi connectivity index (χ0n) is 11.0. The molecule has 1 atom stereocenters. The standard InChI is InChI=1S/C15H14BrN3O/c1-18-14(11-7-3-2-4-8-11)19(17-15(18)20)13-10-6-5-9-12(13)16/h2-10,14H,1H3,(H,17,20). The third kappa shape index (κ3) is 2.14. The molecule has 2 aromatic rings. The van der Waals surface area contributed by atoms with Crippen molar-refractivity contribution in [3.8, 4) is 0 Å². The predicted octanol–water partition coefficient (Wildman–Crippen LogP) is 3.52. The molecule has 3 rings (SSSR count). The van der Waals surface area contributed by atoms with E-state index in [2.05, 4.69) is 21.4 Å². The van der Waals surface area contributed by atoms with Crippen LogP contribution in [-0.4, -0.2) is 18.0 Å². The van der Waals surface area contributed by atoms with Gasteiger partial charge in [0.15, 0.2) is 6.17 Å². The van der Waals surface area contributed by atoms with Crippen LogP contribution in [0.1, 0.15) is 11.7 Å². The highest BCUT2D eigenvalue weighted by atomic mass is 79.9. The fourth-order valence-electron chi connectivity index (χ4n) is 2.36. The number of urea groups is 1. The van der Waals surface area contributed by atoms with Gasteiger partial charge >= 0.3 is 6.03 Å². The minimum atomic E-state index is -0.164. The lowest BCUT2D eigenvalue weighted by Gasteiger charge is -2.28. The molecule has 0 spiro atoms. The maximum atomic E-state index is 12.0. The summed E-state index contributed by atoms with van der Waals surface area (Å²) in [5.41, 5.74) is 4.89. The van der Waals surface area contributed by atoms with Gasteiger partial charge in [-0.15, -0.1) is 0 Å². The largest absolute Gasteiger partial charge is 0.337 e. The van der Waals surface area contributed by atoms with Crippen molar-refractivity contribution in [2.75, 3.05) is 12.1 Å². The lowest BCUT2D eigenvalue weighted by molar-refractivity contribution is 0.216. The molecule has 0 radical (unpaired) electrons. The van der Waals surface area contributed by atoms with Crippen LogP contribution in [0.5, 0.6) is 0 Å². The Hall–Kier alpha value is -2.01. The Labute approximate surface area is 126 Å². The van der Waals surface area contributed by atoms with E-state index in [-0.39, 0.29) is 12.2 Å². The average molecular weight is 332 g/mol. The maximum absolute atomic E-state index is 12.0. The molecule has 1 saturated heterocycles. The van der Waals surface area contributed by atoms with E-state index < -0.39 is 0 Å². The molecule has 1 N–H and O–H groups in total. The molecule has 102 valence electrons. The van der Waals surface area contributed by atoms with E-state index in [0.29, 0.717) is 0 Å². The van der Waals surface area contributed by atoms with Gasteiger partial charge in [-0.05, 0) is 33.6 Å². The number of carbonyl (C=O) groups is 1. The Balaban J connectivity index is 2.05. The van der Waals surface area contributed by atoms with E-state index in [4.69, 9.17) is 0 Å². The number of amides is 2. The minimum absolute atomic E-state index is 0.116. The highest BCUT2D eigenvalue weighted by molar-refractivity contribution is 9.10. The second kappa shape index (κ2) is 5.17. The van der Waals surface area contributed by atoms with Gasteiger partial charge in [-0.25, -0.2) is 10.2 Å². The molecule has 1 fully saturated rings. The van der Waals surface area contributed by atoms with E-state index in [1.807, 2.05) is 59.6 Å². The number of hydrazine groups is 1. The lowest BCUT2D eigenvalue weighted by atomic mass is 10.1. The van der Waals surface area contributed by atoms with Crippen molar-refractivity contribution in [3.63, 3.8) is 0 Å². The minimum Gasteiger partial charge on any atom is -0.300 e. The molecule has 0 bridgehead atoms. The number of para-hydroxylation sites is 1. The fourth-order valence-corrected chi connectivity index (χ4v) is 2.84. The number of hydrogen-bond acceptors (Lipinski definition) is 2. The van der Waals surface area contributed by atoms with Crippen molar-refractivity contribution in [3.05, 3.63) is 64.6 Å². The number of nitrogens with one attached hydrogen (secondary N) is 1. The van der Waals surface area contributed by atoms with Crippen LogP contribution in [0.2, 0.25) is 0 Å². The Morgan fingerprint density at radius 3 is 2.40 bits per heavy atom. The lowest BCUT2D eigenvalue weighted by Crippen LogP contribution is -2.34. The van der Waals surface area contributed by atoms with Crippen LogP contribution in [-0.2, 0) is 0 Å². The fraction of sp³-hybridized carbons (Fsp3) is 0.133. The number of nitrogens with zero attached hydrogens (tertiary/aromatic N) is 2. The smallest absolute Gasteiger partial charge is 0.300 e. The predicted molar refractivity (Wildman–Crippen MR) is 82.1 cm³/mol. The van der Waals surface area contributed by atoms with E-state index in [0.717, 1.165) is 15.7 Å². The Morgan fingerprint density at radius 2 is 1.70 bits per heavy atom. The highest BCUT2D eigenvalue weighted by Gasteiger charge is 2.36. The number of carbonyl (C=O) groups excluding carboxylic acids is 1. The third-order valence-corrected chi connectivity index (χ3v) is 4.03. The summed E-state index contributed by atoms with van der Waals surface area (Å²) in [6, 6.07) is 17.7. The summed E-state index contributed by atoms with van der Waals surface area (Å²) >= 11 is 3.53. The second-order valence-corrected chi connectivity index (χ2v) is 5.49. The van der Waals surface area contributed by atoms with Gasteiger partial charge in [-0.2, -0.15) is 0 Å². The maximum Gasteiger partial charge on any atom is 0.337 e. The van der Waals surface area contributed by atoms with E-state index in [1.165, 1.54) is 0 Å². The van der Waals surface area contributed by atoms with Crippen LogP contribution < -0.4 is 10.4 Å². The zero-order chi connectivity index (χ0) is 14.1. The first-order valence-electron chi connectivity index (χ1n) is 6.30. The summed E-state index contributed by atoms with van der Waals surface area (Å²) in [6.07, 6.45) is -0.164. The van der Waals surface area contributed by atoms with Gasteiger partial charge in [0, 0.05) is 11.5 Å². The van der Waals surface area contributed by atoms with Gasteiger partial charge in [0.05, 0.1) is 5.69 Å². The van der Waals surface area contributed by atoms with Gasteiger partial charge in [-0.3, -0.25) is 5.01 Å². The topological polar surface area (TPSA) is 35.6 Å². The van der Waals surface area contributed by atoms with Gasteiger partial charge < -0.3 is 4.90 Å². The summed E-state index contributed by atoms with van der Waals surface area (Å²) in [7, 11) is 1.80. The Kier molecular flexibility index (Phi) is 3.36. The summed E-state index contributed by atoms with van der Waals surface area (Å²) in [5, 5.41) is 1.88. The highest BCUT2D eigenvalue weighted by Crippen LogP contribution is 2.35. The van der Waals surface area contributed by atoms with Crippen LogP contribution in [0.15, 0.2) is 59.1 Å². The molecule has 2 aromatic carbocycles. The summed E-state index contributed by atoms with van der Waals surface area (Å²) in [6.45, 7) is 0. The quantitative estimate of drug-likeness (QED) is 0.913. The van der Waals surface area contributed by atoms with Crippen LogP contribution in [0.4, 0.5) is 10.5 Å². The summed E-state index contributed by atoms with van der Waals surface area (Å²) in [4.78, 5) is 13.7. The third-order valence-electron chi connectivity index (χ3n) is 3.36. The van der Waals surface area contributed by atoms with Crippen LogP contribution in [0.25, 0.3) is 0 Å². The number of anilines is 1. The van der Waals surface area contributed by atoms with Gasteiger partial charge in [0.1, 0.15) is 0 Å². The Morgan fingerprint density at radius 1 is 1.05 bits per heavy atom. The molecule has 0 saturated carbocycles. The Bertz CT molecular complexity index is 632. The SMILES string of the molecule is CN1C(=O)NN(c2ccccc2Br)C1c1ccccc1. The van der Waals surface area contributed by atoms with Gasteiger partial charge in [-0.1, -0.05) is 42.5 Å². The van der Waals surface area contributed by atoms with E-state index in [9.17, 15) is 4.79 Å². The second-order valence-electron chi connectivity index (χ2n) is 4.63.